The molecule has 0 saturated heterocycles. The number of para-hydroxylation sites is 1. The Kier molecular flexibility index (Phi) is 6.17. The highest BCUT2D eigenvalue weighted by Gasteiger charge is 2.46. The highest BCUT2D eigenvalue weighted by Crippen LogP contribution is 2.31. The fourth-order valence-electron chi connectivity index (χ4n) is 2.37. The number of ether oxygens (including phenoxy) is 3. The molecule has 0 atom stereocenters. The van der Waals surface area contributed by atoms with Gasteiger partial charge in [0.25, 0.3) is 0 Å². The van der Waals surface area contributed by atoms with E-state index in [2.05, 4.69) is 0 Å². The summed E-state index contributed by atoms with van der Waals surface area (Å²) in [5.74, 6) is -0.118. The minimum Gasteiger partial charge on any atom is -0.465 e. The normalized spacial score (nSPS) is 10.8. The minimum atomic E-state index is -1.55. The van der Waals surface area contributed by atoms with Crippen molar-refractivity contribution in [2.75, 3.05) is 13.2 Å². The van der Waals surface area contributed by atoms with Gasteiger partial charge in [0, 0.05) is 0 Å². The molecule has 0 saturated carbocycles. The van der Waals surface area contributed by atoms with E-state index >= 15 is 0 Å². The molecular formula is C20H22O5. The molecule has 0 heterocycles. The molecule has 0 aromatic heterocycles. The van der Waals surface area contributed by atoms with Crippen LogP contribution >= 0.6 is 0 Å². The molecule has 25 heavy (non-hydrogen) atoms. The van der Waals surface area contributed by atoms with Crippen molar-refractivity contribution in [3.8, 4) is 11.5 Å². The molecule has 0 unspecified atom stereocenters. The lowest BCUT2D eigenvalue weighted by atomic mass is 9.82. The molecule has 132 valence electrons. The average molecular weight is 342 g/mol. The number of hydrogen-bond acceptors (Lipinski definition) is 5. The molecule has 5 nitrogen and oxygen atoms in total. The van der Waals surface area contributed by atoms with Gasteiger partial charge in [0.15, 0.2) is 5.41 Å². The molecule has 0 aliphatic heterocycles. The van der Waals surface area contributed by atoms with Crippen LogP contribution in [0.25, 0.3) is 0 Å². The third kappa shape index (κ3) is 4.18. The van der Waals surface area contributed by atoms with Crippen LogP contribution in [-0.4, -0.2) is 25.2 Å². The molecular weight excluding hydrogens is 320 g/mol. The van der Waals surface area contributed by atoms with Crippen LogP contribution in [0, 0.1) is 0 Å². The van der Waals surface area contributed by atoms with Crippen molar-refractivity contribution >= 4 is 11.9 Å². The number of rotatable bonds is 7. The van der Waals surface area contributed by atoms with Crippen LogP contribution in [0.5, 0.6) is 11.5 Å². The zero-order valence-electron chi connectivity index (χ0n) is 14.7. The molecule has 0 aliphatic rings. The molecule has 5 heteroatoms. The second-order valence-electron chi connectivity index (χ2n) is 5.51. The first kappa shape index (κ1) is 18.5. The molecule has 0 spiro atoms. The molecule has 0 radical (unpaired) electrons. The van der Waals surface area contributed by atoms with Gasteiger partial charge in [-0.15, -0.1) is 0 Å². The largest absolute Gasteiger partial charge is 0.465 e. The summed E-state index contributed by atoms with van der Waals surface area (Å²) >= 11 is 0. The van der Waals surface area contributed by atoms with Gasteiger partial charge < -0.3 is 14.2 Å². The van der Waals surface area contributed by atoms with Crippen molar-refractivity contribution < 1.29 is 23.8 Å². The van der Waals surface area contributed by atoms with Gasteiger partial charge in [0.2, 0.25) is 0 Å². The summed E-state index contributed by atoms with van der Waals surface area (Å²) in [5, 5.41) is 0. The van der Waals surface area contributed by atoms with Crippen LogP contribution in [0.4, 0.5) is 0 Å². The summed E-state index contributed by atoms with van der Waals surface area (Å²) in [4.78, 5) is 25.0. The van der Waals surface area contributed by atoms with Gasteiger partial charge in [0.1, 0.15) is 11.5 Å². The lowest BCUT2D eigenvalue weighted by Gasteiger charge is -2.25. The minimum absolute atomic E-state index is 0.175. The Morgan fingerprint density at radius 2 is 1.40 bits per heavy atom. The number of carbonyl (C=O) groups is 2. The van der Waals surface area contributed by atoms with Crippen molar-refractivity contribution in [2.24, 2.45) is 0 Å². The molecule has 0 fully saturated rings. The standard InChI is InChI=1S/C20H22O5/c1-4-23-18(21)20(3,19(22)24-5-2)15-10-9-13-17(14-15)25-16-11-7-6-8-12-16/h6-14H,4-5H2,1-3H3. The van der Waals surface area contributed by atoms with Gasteiger partial charge in [-0.3, -0.25) is 9.59 Å². The van der Waals surface area contributed by atoms with E-state index < -0.39 is 17.4 Å². The first-order valence-corrected chi connectivity index (χ1v) is 8.20. The van der Waals surface area contributed by atoms with E-state index in [0.29, 0.717) is 17.1 Å². The number of esters is 2. The van der Waals surface area contributed by atoms with E-state index in [1.54, 1.807) is 38.1 Å². The monoisotopic (exact) mass is 342 g/mol. The van der Waals surface area contributed by atoms with Gasteiger partial charge in [-0.2, -0.15) is 0 Å². The summed E-state index contributed by atoms with van der Waals surface area (Å²) in [6, 6.07) is 16.1. The number of benzene rings is 2. The SMILES string of the molecule is CCOC(=O)C(C)(C(=O)OCC)c1cccc(Oc2ccccc2)c1. The van der Waals surface area contributed by atoms with Gasteiger partial charge in [0.05, 0.1) is 13.2 Å². The Labute approximate surface area is 147 Å². The summed E-state index contributed by atoms with van der Waals surface area (Å²) < 4.78 is 16.0. The van der Waals surface area contributed by atoms with Gasteiger partial charge in [-0.05, 0) is 50.6 Å². The Bertz CT molecular complexity index is 706. The van der Waals surface area contributed by atoms with Crippen LogP contribution in [0.2, 0.25) is 0 Å². The maximum atomic E-state index is 12.5. The number of carbonyl (C=O) groups excluding carboxylic acids is 2. The molecule has 2 aromatic rings. The van der Waals surface area contributed by atoms with Crippen LogP contribution in [-0.2, 0) is 24.5 Å². The molecule has 0 amide bonds. The Morgan fingerprint density at radius 3 is 1.96 bits per heavy atom. The zero-order valence-corrected chi connectivity index (χ0v) is 14.7. The summed E-state index contributed by atoms with van der Waals surface area (Å²) in [6.45, 7) is 5.24. The molecule has 0 bridgehead atoms. The van der Waals surface area contributed by atoms with E-state index in [1.165, 1.54) is 6.92 Å². The van der Waals surface area contributed by atoms with Crippen molar-refractivity contribution in [3.63, 3.8) is 0 Å². The van der Waals surface area contributed by atoms with Crippen molar-refractivity contribution in [2.45, 2.75) is 26.2 Å². The predicted octanol–water partition coefficient (Wildman–Crippen LogP) is 3.86. The lowest BCUT2D eigenvalue weighted by Crippen LogP contribution is -2.43. The fraction of sp³-hybridized carbons (Fsp3) is 0.300. The Hall–Kier alpha value is -2.82. The quantitative estimate of drug-likeness (QED) is 0.565. The van der Waals surface area contributed by atoms with Crippen molar-refractivity contribution in [1.29, 1.82) is 0 Å². The third-order valence-corrected chi connectivity index (χ3v) is 3.76. The van der Waals surface area contributed by atoms with E-state index in [4.69, 9.17) is 14.2 Å². The first-order chi connectivity index (χ1) is 12.0. The van der Waals surface area contributed by atoms with E-state index in [9.17, 15) is 9.59 Å². The van der Waals surface area contributed by atoms with E-state index in [0.717, 1.165) is 0 Å². The van der Waals surface area contributed by atoms with Gasteiger partial charge in [-0.1, -0.05) is 30.3 Å². The van der Waals surface area contributed by atoms with Crippen LogP contribution < -0.4 is 4.74 Å². The summed E-state index contributed by atoms with van der Waals surface area (Å²) in [6.07, 6.45) is 0. The third-order valence-electron chi connectivity index (χ3n) is 3.76. The van der Waals surface area contributed by atoms with Crippen molar-refractivity contribution in [1.82, 2.24) is 0 Å². The molecule has 0 aliphatic carbocycles. The second-order valence-corrected chi connectivity index (χ2v) is 5.51. The average Bonchev–Trinajstić information content (AvgIpc) is 2.62. The first-order valence-electron chi connectivity index (χ1n) is 8.20. The number of hydrogen-bond donors (Lipinski definition) is 0. The molecule has 2 aromatic carbocycles. The predicted molar refractivity (Wildman–Crippen MR) is 93.6 cm³/mol. The molecule has 2 rings (SSSR count). The van der Waals surface area contributed by atoms with E-state index in [-0.39, 0.29) is 13.2 Å². The fourth-order valence-corrected chi connectivity index (χ4v) is 2.37. The maximum absolute atomic E-state index is 12.5. The summed E-state index contributed by atoms with van der Waals surface area (Å²) in [5.41, 5.74) is -1.10. The highest BCUT2D eigenvalue weighted by atomic mass is 16.6. The van der Waals surface area contributed by atoms with Crippen LogP contribution in [0.1, 0.15) is 26.3 Å². The summed E-state index contributed by atoms with van der Waals surface area (Å²) in [7, 11) is 0. The smallest absolute Gasteiger partial charge is 0.327 e. The second kappa shape index (κ2) is 8.33. The van der Waals surface area contributed by atoms with Crippen molar-refractivity contribution in [3.05, 3.63) is 60.2 Å². The lowest BCUT2D eigenvalue weighted by molar-refractivity contribution is -0.163. The van der Waals surface area contributed by atoms with Crippen LogP contribution in [0.3, 0.4) is 0 Å². The topological polar surface area (TPSA) is 61.8 Å². The van der Waals surface area contributed by atoms with Crippen LogP contribution in [0.15, 0.2) is 54.6 Å². The Balaban J connectivity index is 2.38. The molecule has 0 N–H and O–H groups in total. The van der Waals surface area contributed by atoms with Gasteiger partial charge in [-0.25, -0.2) is 0 Å². The highest BCUT2D eigenvalue weighted by molar-refractivity contribution is 6.06. The van der Waals surface area contributed by atoms with Gasteiger partial charge >= 0.3 is 11.9 Å². The van der Waals surface area contributed by atoms with E-state index in [1.807, 2.05) is 30.3 Å². The zero-order chi connectivity index (χ0) is 18.3. The maximum Gasteiger partial charge on any atom is 0.327 e. The Morgan fingerprint density at radius 1 is 0.840 bits per heavy atom.